The van der Waals surface area contributed by atoms with Gasteiger partial charge in [0, 0.05) is 12.8 Å². The van der Waals surface area contributed by atoms with E-state index < -0.39 is 12.0 Å². The van der Waals surface area contributed by atoms with Crippen molar-refractivity contribution in [2.24, 2.45) is 5.73 Å². The topological polar surface area (TPSA) is 119 Å². The van der Waals surface area contributed by atoms with Crippen LogP contribution in [0.3, 0.4) is 0 Å². The highest BCUT2D eigenvalue weighted by Crippen LogP contribution is 2.15. The molecule has 7 heteroatoms. The van der Waals surface area contributed by atoms with Gasteiger partial charge in [0.2, 0.25) is 5.91 Å². The molecule has 260 valence electrons. The highest BCUT2D eigenvalue weighted by molar-refractivity contribution is 5.83. The average molecular weight is 633 g/mol. The summed E-state index contributed by atoms with van der Waals surface area (Å²) in [6.45, 7) is 4.82. The van der Waals surface area contributed by atoms with Gasteiger partial charge in [-0.25, -0.2) is 4.79 Å². The quantitative estimate of drug-likeness (QED) is 0.0386. The number of aliphatic carboxylic acids is 1. The molecule has 0 aliphatic heterocycles. The van der Waals surface area contributed by atoms with Gasteiger partial charge in [0.15, 0.2) is 0 Å². The summed E-state index contributed by atoms with van der Waals surface area (Å²) in [5.41, 5.74) is 5.46. The van der Waals surface area contributed by atoms with Crippen LogP contribution in [0.4, 0.5) is 0 Å². The van der Waals surface area contributed by atoms with Crippen LogP contribution in [0.25, 0.3) is 0 Å². The number of nitrogens with two attached hydrogens (primary N) is 1. The summed E-state index contributed by atoms with van der Waals surface area (Å²) >= 11 is 0. The lowest BCUT2D eigenvalue weighted by atomic mass is 10.1. The fourth-order valence-electron chi connectivity index (χ4n) is 5.10. The number of carboxylic acid groups (broad SMARTS) is 1. The van der Waals surface area contributed by atoms with E-state index in [9.17, 15) is 19.5 Å². The van der Waals surface area contributed by atoms with Gasteiger partial charge in [-0.1, -0.05) is 108 Å². The number of carbonyl (C=O) groups is 3. The normalized spacial score (nSPS) is 13.1. The van der Waals surface area contributed by atoms with Crippen LogP contribution in [0.2, 0.25) is 0 Å². The van der Waals surface area contributed by atoms with E-state index in [2.05, 4.69) is 55.6 Å². The molecule has 0 saturated heterocycles. The molecule has 0 radical (unpaired) electrons. The highest BCUT2D eigenvalue weighted by Gasteiger charge is 2.19. The Hall–Kier alpha value is -2.41. The minimum atomic E-state index is -1.02. The summed E-state index contributed by atoms with van der Waals surface area (Å²) in [6.07, 6.45) is 36.2. The second kappa shape index (κ2) is 33.0. The van der Waals surface area contributed by atoms with Gasteiger partial charge in [0.25, 0.3) is 0 Å². The molecule has 0 saturated carbocycles. The fourth-order valence-corrected chi connectivity index (χ4v) is 5.10. The minimum absolute atomic E-state index is 0.106. The summed E-state index contributed by atoms with van der Waals surface area (Å²) in [6, 6.07) is -0.870. The van der Waals surface area contributed by atoms with Crippen LogP contribution in [0.15, 0.2) is 36.5 Å². The third-order valence-electron chi connectivity index (χ3n) is 7.89. The lowest BCUT2D eigenvalue weighted by molar-refractivity contribution is -0.147. The first kappa shape index (κ1) is 42.6. The zero-order valence-corrected chi connectivity index (χ0v) is 29.0. The SMILES string of the molecule is CCC/C=C\C/C=C\CCCCCCCC(=O)OC(/C=C\CCCCCCC)CCCCCCC(=O)NC(CCCN)C(=O)O. The molecule has 45 heavy (non-hydrogen) atoms. The van der Waals surface area contributed by atoms with Crippen LogP contribution >= 0.6 is 0 Å². The highest BCUT2D eigenvalue weighted by atomic mass is 16.5. The number of hydrogen-bond acceptors (Lipinski definition) is 5. The zero-order valence-electron chi connectivity index (χ0n) is 29.0. The molecular formula is C38H68N2O5. The number of carboxylic acids is 1. The largest absolute Gasteiger partial charge is 0.480 e. The van der Waals surface area contributed by atoms with E-state index in [1.807, 2.05) is 0 Å². The standard InChI is InChI=1S/C38H68N2O5/c1-3-5-7-9-11-12-13-14-15-16-18-20-26-32-37(42)45-34(28-23-19-17-10-8-6-4-2)29-24-21-22-25-31-36(41)40-35(38(43)44)30-27-33-39/h7,9,12-13,23,28,34-35H,3-6,8,10-11,14-22,24-27,29-33,39H2,1-2H3,(H,40,41)(H,43,44)/b9-7-,13-12-,28-23-. The molecular weight excluding hydrogens is 564 g/mol. The Balaban J connectivity index is 4.33. The number of nitrogens with one attached hydrogen (secondary N) is 1. The molecule has 0 aromatic heterocycles. The predicted molar refractivity (Wildman–Crippen MR) is 188 cm³/mol. The van der Waals surface area contributed by atoms with Gasteiger partial charge >= 0.3 is 11.9 Å². The monoisotopic (exact) mass is 633 g/mol. The summed E-state index contributed by atoms with van der Waals surface area (Å²) < 4.78 is 5.88. The van der Waals surface area contributed by atoms with Crippen molar-refractivity contribution in [1.29, 1.82) is 0 Å². The van der Waals surface area contributed by atoms with E-state index in [1.54, 1.807) is 0 Å². The molecule has 0 aliphatic rings. The van der Waals surface area contributed by atoms with E-state index in [0.29, 0.717) is 38.6 Å². The van der Waals surface area contributed by atoms with Crippen molar-refractivity contribution < 1.29 is 24.2 Å². The Morgan fingerprint density at radius 2 is 1.27 bits per heavy atom. The molecule has 0 aromatic rings. The van der Waals surface area contributed by atoms with Crippen LogP contribution in [-0.4, -0.2) is 41.6 Å². The third-order valence-corrected chi connectivity index (χ3v) is 7.89. The van der Waals surface area contributed by atoms with E-state index in [-0.39, 0.29) is 18.0 Å². The van der Waals surface area contributed by atoms with Gasteiger partial charge in [-0.15, -0.1) is 0 Å². The average Bonchev–Trinajstić information content (AvgIpc) is 3.02. The van der Waals surface area contributed by atoms with Gasteiger partial charge < -0.3 is 20.9 Å². The van der Waals surface area contributed by atoms with Crippen molar-refractivity contribution in [1.82, 2.24) is 5.32 Å². The summed E-state index contributed by atoms with van der Waals surface area (Å²) in [4.78, 5) is 36.1. The maximum Gasteiger partial charge on any atom is 0.326 e. The Morgan fingerprint density at radius 1 is 0.667 bits per heavy atom. The van der Waals surface area contributed by atoms with E-state index in [4.69, 9.17) is 10.5 Å². The first-order valence-electron chi connectivity index (χ1n) is 18.3. The van der Waals surface area contributed by atoms with E-state index >= 15 is 0 Å². The van der Waals surface area contributed by atoms with Gasteiger partial charge in [0.05, 0.1) is 0 Å². The molecule has 0 rings (SSSR count). The molecule has 2 atom stereocenters. The van der Waals surface area contributed by atoms with E-state index in [0.717, 1.165) is 70.6 Å². The molecule has 7 nitrogen and oxygen atoms in total. The van der Waals surface area contributed by atoms with Crippen LogP contribution < -0.4 is 11.1 Å². The number of rotatable bonds is 32. The number of carbonyl (C=O) groups excluding carboxylic acids is 2. The zero-order chi connectivity index (χ0) is 33.2. The molecule has 1 amide bonds. The van der Waals surface area contributed by atoms with Crippen LogP contribution in [0, 0.1) is 0 Å². The van der Waals surface area contributed by atoms with E-state index in [1.165, 1.54) is 51.4 Å². The molecule has 0 heterocycles. The Kier molecular flexibility index (Phi) is 31.2. The van der Waals surface area contributed by atoms with Crippen LogP contribution in [-0.2, 0) is 19.1 Å². The molecule has 4 N–H and O–H groups in total. The first-order valence-corrected chi connectivity index (χ1v) is 18.3. The molecule has 0 spiro atoms. The van der Waals surface area contributed by atoms with Crippen LogP contribution in [0.5, 0.6) is 0 Å². The smallest absolute Gasteiger partial charge is 0.326 e. The Labute approximate surface area is 275 Å². The Morgan fingerprint density at radius 3 is 1.93 bits per heavy atom. The molecule has 0 bridgehead atoms. The van der Waals surface area contributed by atoms with Crippen molar-refractivity contribution in [3.8, 4) is 0 Å². The molecule has 2 unspecified atom stereocenters. The van der Waals surface area contributed by atoms with Gasteiger partial charge in [-0.05, 0) is 89.7 Å². The lowest BCUT2D eigenvalue weighted by Crippen LogP contribution is -2.40. The second-order valence-corrected chi connectivity index (χ2v) is 12.3. The second-order valence-electron chi connectivity index (χ2n) is 12.3. The number of ether oxygens (including phenoxy) is 1. The number of unbranched alkanes of at least 4 members (excludes halogenated alkanes) is 14. The van der Waals surface area contributed by atoms with Gasteiger partial charge in [-0.3, -0.25) is 9.59 Å². The van der Waals surface area contributed by atoms with Crippen LogP contribution in [0.1, 0.15) is 168 Å². The molecule has 0 fully saturated rings. The molecule has 0 aliphatic carbocycles. The summed E-state index contributed by atoms with van der Waals surface area (Å²) in [5.74, 6) is -1.35. The lowest BCUT2D eigenvalue weighted by Gasteiger charge is -2.15. The third kappa shape index (κ3) is 30.0. The maximum atomic E-state index is 12.6. The number of allylic oxidation sites excluding steroid dienone is 5. The maximum absolute atomic E-state index is 12.6. The molecule has 0 aromatic carbocycles. The summed E-state index contributed by atoms with van der Waals surface area (Å²) in [5, 5.41) is 11.9. The number of amides is 1. The fraction of sp³-hybridized carbons (Fsp3) is 0.763. The van der Waals surface area contributed by atoms with Crippen molar-refractivity contribution in [3.05, 3.63) is 36.5 Å². The minimum Gasteiger partial charge on any atom is -0.480 e. The van der Waals surface area contributed by atoms with Crippen molar-refractivity contribution in [2.75, 3.05) is 6.54 Å². The predicted octanol–water partition coefficient (Wildman–Crippen LogP) is 9.50. The number of hydrogen-bond donors (Lipinski definition) is 3. The van der Waals surface area contributed by atoms with Gasteiger partial charge in [0.1, 0.15) is 12.1 Å². The number of esters is 1. The van der Waals surface area contributed by atoms with Crippen molar-refractivity contribution in [2.45, 2.75) is 180 Å². The Bertz CT molecular complexity index is 808. The van der Waals surface area contributed by atoms with Gasteiger partial charge in [-0.2, -0.15) is 0 Å². The summed E-state index contributed by atoms with van der Waals surface area (Å²) in [7, 11) is 0. The first-order chi connectivity index (χ1) is 21.9. The van der Waals surface area contributed by atoms with Crippen molar-refractivity contribution in [3.63, 3.8) is 0 Å². The van der Waals surface area contributed by atoms with Crippen molar-refractivity contribution >= 4 is 17.8 Å².